The van der Waals surface area contributed by atoms with Gasteiger partial charge in [-0.1, -0.05) is 51.1 Å². The zero-order valence-electron chi connectivity index (χ0n) is 17.3. The predicted octanol–water partition coefficient (Wildman–Crippen LogP) is 2.49. The molecular formula is C21H29NO6. The first-order chi connectivity index (χ1) is 13.1. The van der Waals surface area contributed by atoms with E-state index in [9.17, 15) is 14.4 Å². The fourth-order valence-corrected chi connectivity index (χ4v) is 3.41. The maximum atomic E-state index is 13.6. The number of hydrogen-bond donors (Lipinski definition) is 0. The fraction of sp³-hybridized carbons (Fsp3) is 0.571. The van der Waals surface area contributed by atoms with Crippen LogP contribution in [0.4, 0.5) is 0 Å². The average molecular weight is 391 g/mol. The van der Waals surface area contributed by atoms with Gasteiger partial charge in [0.25, 0.3) is 0 Å². The summed E-state index contributed by atoms with van der Waals surface area (Å²) in [6, 6.07) is 7.74. The lowest BCUT2D eigenvalue weighted by molar-refractivity contribution is -0.162. The Hall–Kier alpha value is -2.41. The Labute approximate surface area is 165 Å². The molecule has 28 heavy (non-hydrogen) atoms. The molecule has 0 bridgehead atoms. The van der Waals surface area contributed by atoms with E-state index in [4.69, 9.17) is 14.2 Å². The molecule has 1 heterocycles. The number of ether oxygens (including phenoxy) is 3. The zero-order valence-corrected chi connectivity index (χ0v) is 17.3. The Balaban J connectivity index is 2.53. The normalized spacial score (nSPS) is 23.2. The van der Waals surface area contributed by atoms with E-state index < -0.39 is 47.6 Å². The van der Waals surface area contributed by atoms with E-state index in [-0.39, 0.29) is 6.61 Å². The molecule has 1 aromatic rings. The van der Waals surface area contributed by atoms with E-state index in [1.165, 1.54) is 12.0 Å². The van der Waals surface area contributed by atoms with Gasteiger partial charge in [0.15, 0.2) is 12.0 Å². The van der Waals surface area contributed by atoms with Crippen LogP contribution in [0.2, 0.25) is 0 Å². The minimum absolute atomic E-state index is 0.144. The Morgan fingerprint density at radius 1 is 1.18 bits per heavy atom. The number of esters is 2. The maximum Gasteiger partial charge on any atom is 0.331 e. The van der Waals surface area contributed by atoms with Crippen LogP contribution in [0.1, 0.15) is 46.1 Å². The van der Waals surface area contributed by atoms with Crippen molar-refractivity contribution in [1.29, 1.82) is 0 Å². The van der Waals surface area contributed by atoms with Gasteiger partial charge in [-0.3, -0.25) is 14.5 Å². The first kappa shape index (κ1) is 21.9. The maximum absolute atomic E-state index is 13.6. The summed E-state index contributed by atoms with van der Waals surface area (Å²) in [5.41, 5.74) is 0.0181. The fourth-order valence-electron chi connectivity index (χ4n) is 3.41. The standard InChI is InChI=1S/C21H29NO6/c1-7-27-18(24)15(14-11-9-8-10-12-14)17(23)22-16(19(25)26-6)13(2)28-20(22)21(3,4)5/h8-13,15-16,20H,7H2,1-6H3/t13-,15?,16+,20-/m1/s1. The number of carbonyl (C=O) groups excluding carboxylic acids is 3. The molecule has 1 fully saturated rings. The van der Waals surface area contributed by atoms with Gasteiger partial charge in [0.1, 0.15) is 6.23 Å². The number of amides is 1. The van der Waals surface area contributed by atoms with E-state index in [2.05, 4.69) is 0 Å². The summed E-state index contributed by atoms with van der Waals surface area (Å²) in [4.78, 5) is 40.1. The minimum atomic E-state index is -1.19. The van der Waals surface area contributed by atoms with E-state index in [0.29, 0.717) is 5.56 Å². The van der Waals surface area contributed by atoms with Gasteiger partial charge in [-0.2, -0.15) is 0 Å². The van der Waals surface area contributed by atoms with Crippen LogP contribution in [0.25, 0.3) is 0 Å². The molecule has 7 nitrogen and oxygen atoms in total. The largest absolute Gasteiger partial charge is 0.467 e. The Bertz CT molecular complexity index is 711. The molecule has 1 saturated heterocycles. The monoisotopic (exact) mass is 391 g/mol. The van der Waals surface area contributed by atoms with Crippen LogP contribution in [0, 0.1) is 5.41 Å². The third-order valence-electron chi connectivity index (χ3n) is 4.68. The van der Waals surface area contributed by atoms with Crippen molar-refractivity contribution in [3.05, 3.63) is 35.9 Å². The van der Waals surface area contributed by atoms with Crippen LogP contribution in [-0.4, -0.2) is 54.8 Å². The van der Waals surface area contributed by atoms with E-state index in [1.807, 2.05) is 20.8 Å². The second-order valence-electron chi connectivity index (χ2n) is 7.87. The smallest absolute Gasteiger partial charge is 0.331 e. The number of hydrogen-bond acceptors (Lipinski definition) is 6. The lowest BCUT2D eigenvalue weighted by Gasteiger charge is -2.36. The molecule has 1 amide bonds. The highest BCUT2D eigenvalue weighted by Crippen LogP contribution is 2.38. The van der Waals surface area contributed by atoms with Crippen molar-refractivity contribution in [3.8, 4) is 0 Å². The van der Waals surface area contributed by atoms with Gasteiger partial charge in [0.2, 0.25) is 5.91 Å². The predicted molar refractivity (Wildman–Crippen MR) is 102 cm³/mol. The summed E-state index contributed by atoms with van der Waals surface area (Å²) >= 11 is 0. The molecule has 0 saturated carbocycles. The van der Waals surface area contributed by atoms with Gasteiger partial charge < -0.3 is 14.2 Å². The van der Waals surface area contributed by atoms with Crippen molar-refractivity contribution in [2.75, 3.05) is 13.7 Å². The lowest BCUT2D eigenvalue weighted by Crippen LogP contribution is -2.53. The molecule has 1 unspecified atom stereocenters. The van der Waals surface area contributed by atoms with Gasteiger partial charge in [0, 0.05) is 5.41 Å². The van der Waals surface area contributed by atoms with E-state index >= 15 is 0 Å². The molecule has 2 rings (SSSR count). The summed E-state index contributed by atoms with van der Waals surface area (Å²) in [7, 11) is 1.27. The number of benzene rings is 1. The number of nitrogens with zero attached hydrogens (tertiary/aromatic N) is 1. The van der Waals surface area contributed by atoms with Gasteiger partial charge >= 0.3 is 11.9 Å². The van der Waals surface area contributed by atoms with Crippen LogP contribution in [0.5, 0.6) is 0 Å². The first-order valence-corrected chi connectivity index (χ1v) is 9.40. The summed E-state index contributed by atoms with van der Waals surface area (Å²) in [5.74, 6) is -2.96. The molecule has 0 spiro atoms. The minimum Gasteiger partial charge on any atom is -0.467 e. The molecule has 1 aliphatic rings. The Morgan fingerprint density at radius 2 is 1.79 bits per heavy atom. The highest BCUT2D eigenvalue weighted by molar-refractivity contribution is 6.04. The van der Waals surface area contributed by atoms with Crippen molar-refractivity contribution in [1.82, 2.24) is 4.90 Å². The SMILES string of the molecule is CCOC(=O)C(C(=O)N1[C@H](C(=O)OC)[C@@H](C)O[C@@H]1C(C)(C)C)c1ccccc1. The molecule has 7 heteroatoms. The third-order valence-corrected chi connectivity index (χ3v) is 4.68. The van der Waals surface area contributed by atoms with E-state index in [1.54, 1.807) is 44.2 Å². The summed E-state index contributed by atoms with van der Waals surface area (Å²) in [5, 5.41) is 0. The van der Waals surface area contributed by atoms with Crippen LogP contribution in [0.15, 0.2) is 30.3 Å². The van der Waals surface area contributed by atoms with Crippen molar-refractivity contribution in [3.63, 3.8) is 0 Å². The summed E-state index contributed by atoms with van der Waals surface area (Å²) in [6.07, 6.45) is -1.26. The number of rotatable bonds is 5. The highest BCUT2D eigenvalue weighted by atomic mass is 16.6. The molecule has 1 aliphatic heterocycles. The molecular weight excluding hydrogens is 362 g/mol. The first-order valence-electron chi connectivity index (χ1n) is 9.40. The zero-order chi connectivity index (χ0) is 21.1. The lowest BCUT2D eigenvalue weighted by atomic mass is 9.90. The second kappa shape index (κ2) is 8.73. The topological polar surface area (TPSA) is 82.1 Å². The van der Waals surface area contributed by atoms with Gasteiger partial charge in [0.05, 0.1) is 19.8 Å². The van der Waals surface area contributed by atoms with Crippen molar-refractivity contribution >= 4 is 17.8 Å². The van der Waals surface area contributed by atoms with Crippen LogP contribution in [0.3, 0.4) is 0 Å². The molecule has 0 aromatic heterocycles. The van der Waals surface area contributed by atoms with Crippen molar-refractivity contribution in [2.45, 2.75) is 58.9 Å². The highest BCUT2D eigenvalue weighted by Gasteiger charge is 2.53. The molecule has 0 N–H and O–H groups in total. The van der Waals surface area contributed by atoms with Crippen LogP contribution in [-0.2, 0) is 28.6 Å². The summed E-state index contributed by atoms with van der Waals surface area (Å²) in [6.45, 7) is 9.27. The molecule has 1 aromatic carbocycles. The molecule has 0 radical (unpaired) electrons. The van der Waals surface area contributed by atoms with E-state index in [0.717, 1.165) is 0 Å². The Morgan fingerprint density at radius 3 is 2.29 bits per heavy atom. The molecule has 0 aliphatic carbocycles. The Kier molecular flexibility index (Phi) is 6.82. The van der Waals surface area contributed by atoms with Crippen molar-refractivity contribution < 1.29 is 28.6 Å². The second-order valence-corrected chi connectivity index (χ2v) is 7.87. The van der Waals surface area contributed by atoms with Crippen molar-refractivity contribution in [2.24, 2.45) is 5.41 Å². The van der Waals surface area contributed by atoms with Gasteiger partial charge in [-0.15, -0.1) is 0 Å². The number of carbonyl (C=O) groups is 3. The molecule has 154 valence electrons. The number of methoxy groups -OCH3 is 1. The quantitative estimate of drug-likeness (QED) is 0.567. The average Bonchev–Trinajstić information content (AvgIpc) is 3.00. The molecule has 4 atom stereocenters. The third kappa shape index (κ3) is 4.35. The van der Waals surface area contributed by atoms with Crippen LogP contribution < -0.4 is 0 Å². The van der Waals surface area contributed by atoms with Gasteiger partial charge in [-0.05, 0) is 19.4 Å². The van der Waals surface area contributed by atoms with Gasteiger partial charge in [-0.25, -0.2) is 4.79 Å². The van der Waals surface area contributed by atoms with Crippen LogP contribution >= 0.6 is 0 Å². The summed E-state index contributed by atoms with van der Waals surface area (Å²) < 4.78 is 16.0.